The maximum atomic E-state index is 14.7. The number of nitrogens with zero attached hydrogens (tertiary/aromatic N) is 1. The van der Waals surface area contributed by atoms with E-state index in [1.807, 2.05) is 13.8 Å². The minimum Gasteiger partial charge on any atom is -0.295 e. The standard InChI is InChI=1S/C18H16FNO/c1-11(2)16-8-14(12(3)21)9-17(18(16)19)15-7-5-4-6-13(15)10-20/h4-9,11H,1-3H3. The van der Waals surface area contributed by atoms with Crippen LogP contribution in [0.1, 0.15) is 48.2 Å². The molecule has 0 unspecified atom stereocenters. The molecule has 0 atom stereocenters. The molecule has 0 saturated heterocycles. The van der Waals surface area contributed by atoms with Gasteiger partial charge in [0.1, 0.15) is 5.82 Å². The molecule has 0 saturated carbocycles. The van der Waals surface area contributed by atoms with E-state index in [9.17, 15) is 14.4 Å². The summed E-state index contributed by atoms with van der Waals surface area (Å²) < 4.78 is 14.7. The monoisotopic (exact) mass is 281 g/mol. The van der Waals surface area contributed by atoms with Crippen LogP contribution in [0.2, 0.25) is 0 Å². The number of nitriles is 1. The van der Waals surface area contributed by atoms with Gasteiger partial charge in [-0.05, 0) is 36.6 Å². The topological polar surface area (TPSA) is 40.9 Å². The summed E-state index contributed by atoms with van der Waals surface area (Å²) in [6.45, 7) is 5.21. The highest BCUT2D eigenvalue weighted by molar-refractivity contribution is 5.96. The maximum Gasteiger partial charge on any atom is 0.159 e. The second-order valence-corrected chi connectivity index (χ2v) is 5.30. The molecule has 106 valence electrons. The third-order valence-electron chi connectivity index (χ3n) is 3.47. The van der Waals surface area contributed by atoms with E-state index in [2.05, 4.69) is 6.07 Å². The molecule has 0 heterocycles. The Kier molecular flexibility index (Phi) is 4.18. The number of ketones is 1. The third kappa shape index (κ3) is 2.85. The second-order valence-electron chi connectivity index (χ2n) is 5.30. The predicted octanol–water partition coefficient (Wildman–Crippen LogP) is 4.69. The van der Waals surface area contributed by atoms with Crippen molar-refractivity contribution < 1.29 is 9.18 Å². The van der Waals surface area contributed by atoms with E-state index in [0.717, 1.165) is 0 Å². The Bertz CT molecular complexity index is 741. The van der Waals surface area contributed by atoms with Gasteiger partial charge in [-0.2, -0.15) is 5.26 Å². The first-order valence-electron chi connectivity index (χ1n) is 6.79. The van der Waals surface area contributed by atoms with Crippen LogP contribution in [-0.2, 0) is 0 Å². The van der Waals surface area contributed by atoms with E-state index >= 15 is 0 Å². The fraction of sp³-hybridized carbons (Fsp3) is 0.222. The van der Waals surface area contributed by atoms with E-state index < -0.39 is 0 Å². The minimum absolute atomic E-state index is 0.0442. The van der Waals surface area contributed by atoms with Crippen LogP contribution in [0.15, 0.2) is 36.4 Å². The van der Waals surface area contributed by atoms with Crippen molar-refractivity contribution in [3.63, 3.8) is 0 Å². The fourth-order valence-corrected chi connectivity index (χ4v) is 2.28. The molecule has 0 amide bonds. The molecule has 0 N–H and O–H groups in total. The summed E-state index contributed by atoms with van der Waals surface area (Å²) in [6, 6.07) is 12.0. The largest absolute Gasteiger partial charge is 0.295 e. The lowest BCUT2D eigenvalue weighted by molar-refractivity contribution is 0.101. The molecule has 0 aliphatic rings. The van der Waals surface area contributed by atoms with Gasteiger partial charge >= 0.3 is 0 Å². The maximum absolute atomic E-state index is 14.7. The molecule has 3 heteroatoms. The number of benzene rings is 2. The lowest BCUT2D eigenvalue weighted by Gasteiger charge is -2.14. The van der Waals surface area contributed by atoms with Gasteiger partial charge in [-0.25, -0.2) is 4.39 Å². The Morgan fingerprint density at radius 1 is 1.19 bits per heavy atom. The van der Waals surface area contributed by atoms with Crippen LogP contribution in [0, 0.1) is 17.1 Å². The molecule has 21 heavy (non-hydrogen) atoms. The zero-order chi connectivity index (χ0) is 15.6. The van der Waals surface area contributed by atoms with Gasteiger partial charge in [0.05, 0.1) is 11.6 Å². The summed E-state index contributed by atoms with van der Waals surface area (Å²) in [5, 5.41) is 9.19. The van der Waals surface area contributed by atoms with Crippen molar-refractivity contribution in [1.82, 2.24) is 0 Å². The molecule has 0 fully saturated rings. The van der Waals surface area contributed by atoms with Gasteiger partial charge in [0.2, 0.25) is 0 Å². The van der Waals surface area contributed by atoms with Crippen LogP contribution in [-0.4, -0.2) is 5.78 Å². The normalized spacial score (nSPS) is 10.5. The Balaban J connectivity index is 2.79. The number of Topliss-reactive ketones (excluding diaryl/α,β-unsaturated/α-hetero) is 1. The first-order valence-corrected chi connectivity index (χ1v) is 6.79. The first-order chi connectivity index (χ1) is 9.95. The summed E-state index contributed by atoms with van der Waals surface area (Å²) in [5.41, 5.74) is 2.17. The lowest BCUT2D eigenvalue weighted by Crippen LogP contribution is -2.02. The van der Waals surface area contributed by atoms with Gasteiger partial charge in [0.15, 0.2) is 5.78 Å². The van der Waals surface area contributed by atoms with Crippen LogP contribution >= 0.6 is 0 Å². The number of carbonyl (C=O) groups is 1. The molecule has 2 aromatic carbocycles. The molecular formula is C18H16FNO. The Morgan fingerprint density at radius 2 is 1.86 bits per heavy atom. The number of rotatable bonds is 3. The van der Waals surface area contributed by atoms with E-state index in [1.165, 1.54) is 13.0 Å². The van der Waals surface area contributed by atoms with Crippen molar-refractivity contribution in [3.05, 3.63) is 58.9 Å². The summed E-state index contributed by atoms with van der Waals surface area (Å²) in [5.74, 6) is -0.525. The van der Waals surface area contributed by atoms with Crippen molar-refractivity contribution in [2.75, 3.05) is 0 Å². The molecule has 0 radical (unpaired) electrons. The SMILES string of the molecule is CC(=O)c1cc(-c2ccccc2C#N)c(F)c(C(C)C)c1. The van der Waals surface area contributed by atoms with Crippen molar-refractivity contribution >= 4 is 5.78 Å². The average molecular weight is 281 g/mol. The van der Waals surface area contributed by atoms with Crippen molar-refractivity contribution in [2.45, 2.75) is 26.7 Å². The summed E-state index contributed by atoms with van der Waals surface area (Å²) >= 11 is 0. The van der Waals surface area contributed by atoms with Gasteiger partial charge in [0, 0.05) is 16.7 Å². The number of halogens is 1. The highest BCUT2D eigenvalue weighted by Gasteiger charge is 2.18. The van der Waals surface area contributed by atoms with Crippen LogP contribution in [0.25, 0.3) is 11.1 Å². The van der Waals surface area contributed by atoms with Gasteiger partial charge in [0.25, 0.3) is 0 Å². The van der Waals surface area contributed by atoms with Crippen molar-refractivity contribution in [2.24, 2.45) is 0 Å². The molecule has 0 spiro atoms. The number of hydrogen-bond acceptors (Lipinski definition) is 2. The van der Waals surface area contributed by atoms with Gasteiger partial charge in [-0.1, -0.05) is 32.0 Å². The summed E-state index contributed by atoms with van der Waals surface area (Å²) in [7, 11) is 0. The molecule has 0 aliphatic heterocycles. The number of hydrogen-bond donors (Lipinski definition) is 0. The minimum atomic E-state index is -0.363. The van der Waals surface area contributed by atoms with Gasteiger partial charge < -0.3 is 0 Å². The lowest BCUT2D eigenvalue weighted by atomic mass is 9.91. The summed E-state index contributed by atoms with van der Waals surface area (Å²) in [6.07, 6.45) is 0. The Labute approximate surface area is 123 Å². The molecule has 2 aromatic rings. The van der Waals surface area contributed by atoms with Crippen LogP contribution < -0.4 is 0 Å². The smallest absolute Gasteiger partial charge is 0.159 e. The van der Waals surface area contributed by atoms with Crippen molar-refractivity contribution in [3.8, 4) is 17.2 Å². The zero-order valence-electron chi connectivity index (χ0n) is 12.3. The molecule has 0 bridgehead atoms. The van der Waals surface area contributed by atoms with E-state index in [4.69, 9.17) is 0 Å². The quantitative estimate of drug-likeness (QED) is 0.766. The summed E-state index contributed by atoms with van der Waals surface area (Å²) in [4.78, 5) is 11.7. The highest BCUT2D eigenvalue weighted by Crippen LogP contribution is 2.32. The highest BCUT2D eigenvalue weighted by atomic mass is 19.1. The van der Waals surface area contributed by atoms with Crippen LogP contribution in [0.5, 0.6) is 0 Å². The van der Waals surface area contributed by atoms with Crippen molar-refractivity contribution in [1.29, 1.82) is 5.26 Å². The van der Waals surface area contributed by atoms with Crippen LogP contribution in [0.4, 0.5) is 4.39 Å². The first kappa shape index (κ1) is 14.9. The third-order valence-corrected chi connectivity index (χ3v) is 3.47. The molecule has 2 rings (SSSR count). The van der Waals surface area contributed by atoms with E-state index in [1.54, 1.807) is 30.3 Å². The van der Waals surface area contributed by atoms with Crippen LogP contribution in [0.3, 0.4) is 0 Å². The Hall–Kier alpha value is -2.47. The van der Waals surface area contributed by atoms with E-state index in [-0.39, 0.29) is 17.5 Å². The molecule has 0 aliphatic carbocycles. The fourth-order valence-electron chi connectivity index (χ4n) is 2.28. The van der Waals surface area contributed by atoms with E-state index in [0.29, 0.717) is 27.8 Å². The molecule has 2 nitrogen and oxygen atoms in total. The van der Waals surface area contributed by atoms with Gasteiger partial charge in [-0.3, -0.25) is 4.79 Å². The number of carbonyl (C=O) groups excluding carboxylic acids is 1. The zero-order valence-corrected chi connectivity index (χ0v) is 12.3. The predicted molar refractivity (Wildman–Crippen MR) is 80.6 cm³/mol. The average Bonchev–Trinajstić information content (AvgIpc) is 2.46. The van der Waals surface area contributed by atoms with Gasteiger partial charge in [-0.15, -0.1) is 0 Å². The second kappa shape index (κ2) is 5.88. The molecule has 0 aromatic heterocycles. The Morgan fingerprint density at radius 3 is 2.43 bits per heavy atom. The molecular weight excluding hydrogens is 265 g/mol.